The maximum absolute atomic E-state index is 13.8. The number of carbonyl (C=O) groups is 1. The Hall–Kier alpha value is -2.03. The molecule has 0 radical (unpaired) electrons. The summed E-state index contributed by atoms with van der Waals surface area (Å²) in [5.74, 6) is -1.23. The lowest BCUT2D eigenvalue weighted by Crippen LogP contribution is -2.60. The van der Waals surface area contributed by atoms with Gasteiger partial charge in [0.15, 0.2) is 17.9 Å². The molecule has 2 amide bonds. The number of fused-ring (bicyclic) bond motifs is 3. The lowest BCUT2D eigenvalue weighted by Gasteiger charge is -2.62. The normalized spacial score (nSPS) is 40.0. The zero-order valence-electron chi connectivity index (χ0n) is 19.9. The number of benzene rings is 1. The smallest absolute Gasteiger partial charge is 0.319 e. The highest BCUT2D eigenvalue weighted by molar-refractivity contribution is 5.76. The van der Waals surface area contributed by atoms with Gasteiger partial charge in [0.25, 0.3) is 0 Å². The van der Waals surface area contributed by atoms with Crippen LogP contribution in [-0.4, -0.2) is 48.1 Å². The summed E-state index contributed by atoms with van der Waals surface area (Å²) < 4.78 is 39.7. The minimum absolute atomic E-state index is 0.0245. The second kappa shape index (κ2) is 8.57. The summed E-state index contributed by atoms with van der Waals surface area (Å²) >= 11 is 0. The fourth-order valence-corrected chi connectivity index (χ4v) is 7.24. The molecule has 8 heteroatoms. The van der Waals surface area contributed by atoms with Crippen LogP contribution in [0.5, 0.6) is 0 Å². The average Bonchev–Trinajstić information content (AvgIpc) is 3.12. The Balaban J connectivity index is 1.33. The van der Waals surface area contributed by atoms with Gasteiger partial charge in [0, 0.05) is 17.5 Å². The van der Waals surface area contributed by atoms with Crippen molar-refractivity contribution in [1.82, 2.24) is 10.2 Å². The van der Waals surface area contributed by atoms with Gasteiger partial charge in [-0.05, 0) is 61.5 Å². The third-order valence-electron chi connectivity index (χ3n) is 9.08. The molecular weight excluding hydrogens is 442 g/mol. The molecule has 0 bridgehead atoms. The van der Waals surface area contributed by atoms with E-state index in [1.165, 1.54) is 16.5 Å². The number of aliphatic hydroxyl groups excluding tert-OH is 1. The number of hydrogen-bond acceptors (Lipinski definition) is 4. The van der Waals surface area contributed by atoms with Gasteiger partial charge >= 0.3 is 6.03 Å². The van der Waals surface area contributed by atoms with E-state index in [9.17, 15) is 18.7 Å². The lowest BCUT2D eigenvalue weighted by molar-refractivity contribution is -0.307. The Morgan fingerprint density at radius 2 is 2.03 bits per heavy atom. The second-order valence-electron chi connectivity index (χ2n) is 10.9. The van der Waals surface area contributed by atoms with Gasteiger partial charge in [-0.2, -0.15) is 0 Å². The molecule has 2 heterocycles. The third-order valence-corrected chi connectivity index (χ3v) is 9.08. The van der Waals surface area contributed by atoms with Crippen molar-refractivity contribution in [3.05, 3.63) is 47.5 Å². The van der Waals surface area contributed by atoms with E-state index < -0.39 is 24.2 Å². The minimum atomic E-state index is -0.903. The minimum Gasteiger partial charge on any atom is -0.372 e. The first-order valence-electron chi connectivity index (χ1n) is 12.3. The summed E-state index contributed by atoms with van der Waals surface area (Å²) in [6.45, 7) is 10.2. The number of rotatable bonds is 4. The summed E-state index contributed by atoms with van der Waals surface area (Å²) in [4.78, 5) is 13.6. The van der Waals surface area contributed by atoms with Gasteiger partial charge in [0.2, 0.25) is 0 Å². The number of amides is 2. The van der Waals surface area contributed by atoms with Crippen LogP contribution in [0.25, 0.3) is 0 Å². The number of aliphatic hydroxyl groups is 1. The second-order valence-corrected chi connectivity index (χ2v) is 10.9. The summed E-state index contributed by atoms with van der Waals surface area (Å²) in [5.41, 5.74) is 1.47. The number of β-amino-alcohol motifs (C(OH)–C–C–N with tert-alkyl or cyclic N) is 1. The van der Waals surface area contributed by atoms with Gasteiger partial charge in [0.1, 0.15) is 6.23 Å². The predicted octanol–water partition coefficient (Wildman–Crippen LogP) is 4.50. The topological polar surface area (TPSA) is 71.0 Å². The van der Waals surface area contributed by atoms with E-state index in [-0.39, 0.29) is 35.4 Å². The highest BCUT2D eigenvalue weighted by Gasteiger charge is 2.60. The number of hydrogen-bond donors (Lipinski definition) is 2. The Bertz CT molecular complexity index is 990. The van der Waals surface area contributed by atoms with Crippen LogP contribution in [0.3, 0.4) is 0 Å². The maximum atomic E-state index is 13.8. The maximum Gasteiger partial charge on any atom is 0.319 e. The molecule has 4 aliphatic rings. The van der Waals surface area contributed by atoms with Crippen LogP contribution in [0.4, 0.5) is 13.6 Å². The van der Waals surface area contributed by atoms with Crippen molar-refractivity contribution >= 4 is 6.03 Å². The van der Waals surface area contributed by atoms with Crippen LogP contribution in [0.2, 0.25) is 0 Å². The van der Waals surface area contributed by atoms with Gasteiger partial charge in [-0.1, -0.05) is 32.1 Å². The molecule has 6 nitrogen and oxygen atoms in total. The van der Waals surface area contributed by atoms with Crippen LogP contribution in [0.15, 0.2) is 30.4 Å². The molecule has 2 saturated heterocycles. The van der Waals surface area contributed by atoms with E-state index in [1.54, 1.807) is 0 Å². The molecule has 2 N–H and O–H groups in total. The quantitative estimate of drug-likeness (QED) is 0.628. The fourth-order valence-electron chi connectivity index (χ4n) is 7.24. The van der Waals surface area contributed by atoms with Gasteiger partial charge in [-0.3, -0.25) is 4.90 Å². The Morgan fingerprint density at radius 3 is 2.74 bits per heavy atom. The first-order valence-corrected chi connectivity index (χ1v) is 12.3. The monoisotopic (exact) mass is 476 g/mol. The molecule has 1 aromatic rings. The number of nitrogens with zero attached hydrogens (tertiary/aromatic N) is 1. The molecule has 0 spiro atoms. The largest absolute Gasteiger partial charge is 0.372 e. The molecule has 7 atom stereocenters. The van der Waals surface area contributed by atoms with Gasteiger partial charge < -0.3 is 19.9 Å². The summed E-state index contributed by atoms with van der Waals surface area (Å²) in [5, 5.41) is 12.8. The first kappa shape index (κ1) is 23.7. The summed E-state index contributed by atoms with van der Waals surface area (Å²) in [6.07, 6.45) is 2.91. The zero-order chi connectivity index (χ0) is 24.3. The number of nitrogens with one attached hydrogen (secondary N) is 1. The first-order chi connectivity index (χ1) is 16.1. The molecule has 2 saturated carbocycles. The van der Waals surface area contributed by atoms with Crippen molar-refractivity contribution in [3.8, 4) is 0 Å². The molecule has 2 aliphatic carbocycles. The highest BCUT2D eigenvalue weighted by Crippen LogP contribution is 2.63. The van der Waals surface area contributed by atoms with Crippen molar-refractivity contribution in [2.75, 3.05) is 19.7 Å². The SMILES string of the molecule is C=C1CCC2[C@]3(C)CO[C@@H](c4ccc(F)c(F)c4)O[C@@H]3CC[C@@]2(C)[C@@H]1CCN1C(=O)NCC1O. The van der Waals surface area contributed by atoms with E-state index in [2.05, 4.69) is 25.7 Å². The standard InChI is InChI=1S/C26H34F2N2O4/c1-15-4-7-20-25(2,17(15)9-11-30-22(31)13-29-24(30)32)10-8-21-26(20,3)14-33-23(34-21)16-5-6-18(27)19(28)12-16/h5-6,12,17,20-23,31H,1,4,7-11,13-14H2,2-3H3,(H,29,32)/t17-,20?,21-,22?,23-,25+,26+/m1/s1. The third kappa shape index (κ3) is 3.74. The molecule has 2 unspecified atom stereocenters. The number of halogens is 2. The molecule has 1 aromatic carbocycles. The van der Waals surface area contributed by atoms with Crippen molar-refractivity contribution < 1.29 is 28.2 Å². The molecule has 186 valence electrons. The Kier molecular flexibility index (Phi) is 5.97. The molecule has 0 aromatic heterocycles. The zero-order valence-corrected chi connectivity index (χ0v) is 19.9. The van der Waals surface area contributed by atoms with Crippen LogP contribution in [-0.2, 0) is 9.47 Å². The van der Waals surface area contributed by atoms with Crippen LogP contribution < -0.4 is 5.32 Å². The lowest BCUT2D eigenvalue weighted by atomic mass is 9.46. The Morgan fingerprint density at radius 1 is 1.24 bits per heavy atom. The van der Waals surface area contributed by atoms with Crippen molar-refractivity contribution in [3.63, 3.8) is 0 Å². The highest BCUT2D eigenvalue weighted by atomic mass is 19.2. The number of allylic oxidation sites excluding steroid dienone is 1. The molecule has 5 rings (SSSR count). The van der Waals surface area contributed by atoms with E-state index in [0.717, 1.165) is 44.2 Å². The molecule has 2 aliphatic heterocycles. The van der Waals surface area contributed by atoms with Gasteiger partial charge in [-0.15, -0.1) is 0 Å². The Labute approximate surface area is 199 Å². The van der Waals surface area contributed by atoms with E-state index in [1.807, 2.05) is 0 Å². The van der Waals surface area contributed by atoms with Gasteiger partial charge in [-0.25, -0.2) is 13.6 Å². The van der Waals surface area contributed by atoms with E-state index >= 15 is 0 Å². The number of carbonyl (C=O) groups excluding carboxylic acids is 1. The molecule has 34 heavy (non-hydrogen) atoms. The summed E-state index contributed by atoms with van der Waals surface area (Å²) in [6, 6.07) is 3.56. The van der Waals surface area contributed by atoms with Crippen LogP contribution in [0.1, 0.15) is 57.8 Å². The van der Waals surface area contributed by atoms with Gasteiger partial charge in [0.05, 0.1) is 19.3 Å². The summed E-state index contributed by atoms with van der Waals surface area (Å²) in [7, 11) is 0. The average molecular weight is 477 g/mol. The van der Waals surface area contributed by atoms with Crippen LogP contribution in [0, 0.1) is 34.3 Å². The molecule has 4 fully saturated rings. The van der Waals surface area contributed by atoms with E-state index in [4.69, 9.17) is 9.47 Å². The fraction of sp³-hybridized carbons (Fsp3) is 0.654. The number of urea groups is 1. The predicted molar refractivity (Wildman–Crippen MR) is 121 cm³/mol. The number of ether oxygens (including phenoxy) is 2. The van der Waals surface area contributed by atoms with Crippen LogP contribution >= 0.6 is 0 Å². The van der Waals surface area contributed by atoms with E-state index in [0.29, 0.717) is 24.6 Å². The van der Waals surface area contributed by atoms with Crippen molar-refractivity contribution in [2.45, 2.75) is 64.6 Å². The molecular formula is C26H34F2N2O4. The van der Waals surface area contributed by atoms with Crippen molar-refractivity contribution in [2.24, 2.45) is 22.7 Å². The van der Waals surface area contributed by atoms with Crippen molar-refractivity contribution in [1.29, 1.82) is 0 Å².